The Bertz CT molecular complexity index is 653. The molecule has 0 aliphatic carbocycles. The van der Waals surface area contributed by atoms with E-state index < -0.39 is 24.5 Å². The number of nitrogens with zero attached hydrogens (tertiary/aromatic N) is 4. The fourth-order valence-electron chi connectivity index (χ4n) is 2.19. The Hall–Kier alpha value is -0.750. The van der Waals surface area contributed by atoms with Gasteiger partial charge >= 0.3 is 0 Å². The van der Waals surface area contributed by atoms with Crippen molar-refractivity contribution in [2.24, 2.45) is 0 Å². The molecule has 0 saturated carbocycles. The van der Waals surface area contributed by atoms with Crippen molar-refractivity contribution in [2.75, 3.05) is 11.6 Å². The summed E-state index contributed by atoms with van der Waals surface area (Å²) in [5, 5.41) is 24.8. The van der Waals surface area contributed by atoms with E-state index in [1.54, 1.807) is 0 Å². The summed E-state index contributed by atoms with van der Waals surface area (Å²) in [6.07, 6.45) is -2.44. The number of nitrogen functional groups attached to an aromatic ring is 1. The molecule has 108 valence electrons. The normalized spacial score (nSPS) is 30.2. The number of fused-ring (bicyclic) bond motifs is 1. The number of hydrogen-bond acceptors (Lipinski definition) is 7. The number of aromatic nitrogens is 4. The summed E-state index contributed by atoms with van der Waals surface area (Å²) in [6.45, 7) is 0. The van der Waals surface area contributed by atoms with Crippen LogP contribution in [0.3, 0.4) is 0 Å². The van der Waals surface area contributed by atoms with Crippen molar-refractivity contribution in [1.29, 1.82) is 0 Å². The van der Waals surface area contributed by atoms with Crippen molar-refractivity contribution in [2.45, 2.75) is 24.5 Å². The number of anilines is 1. The lowest BCUT2D eigenvalue weighted by molar-refractivity contribution is -0.0366. The van der Waals surface area contributed by atoms with Crippen LogP contribution in [0.5, 0.6) is 0 Å². The van der Waals surface area contributed by atoms with Crippen molar-refractivity contribution in [3.05, 3.63) is 10.0 Å². The Kier molecular flexibility index (Phi) is 3.71. The third-order valence-electron chi connectivity index (χ3n) is 3.21. The van der Waals surface area contributed by atoms with Crippen molar-refractivity contribution < 1.29 is 14.9 Å². The van der Waals surface area contributed by atoms with Crippen molar-refractivity contribution in [3.63, 3.8) is 0 Å². The van der Waals surface area contributed by atoms with Gasteiger partial charge in [0.2, 0.25) is 0 Å². The predicted octanol–water partition coefficient (Wildman–Crippen LogP) is -0.129. The number of hydrogen-bond donors (Lipinski definition) is 3. The van der Waals surface area contributed by atoms with Gasteiger partial charge in [0, 0.05) is 0 Å². The summed E-state index contributed by atoms with van der Waals surface area (Å²) in [5.41, 5.74) is 6.24. The minimum atomic E-state index is -1.14. The number of nitrogens with two attached hydrogens (primary N) is 1. The summed E-state index contributed by atoms with van der Waals surface area (Å²) in [4.78, 5) is 8.02. The molecule has 3 rings (SSSR count). The third kappa shape index (κ3) is 2.04. The molecule has 20 heavy (non-hydrogen) atoms. The smallest absolute Gasteiger partial charge is 0.181 e. The highest BCUT2D eigenvalue weighted by molar-refractivity contribution is 14.1. The number of halogens is 2. The van der Waals surface area contributed by atoms with Gasteiger partial charge in [-0.2, -0.15) is 5.10 Å². The van der Waals surface area contributed by atoms with Gasteiger partial charge in [-0.25, -0.2) is 14.6 Å². The van der Waals surface area contributed by atoms with E-state index in [1.807, 2.05) is 22.6 Å². The largest absolute Gasteiger partial charge is 0.387 e. The topological polar surface area (TPSA) is 119 Å². The van der Waals surface area contributed by atoms with Crippen molar-refractivity contribution in [3.8, 4) is 0 Å². The molecule has 1 aliphatic rings. The third-order valence-corrected chi connectivity index (χ3v) is 4.27. The van der Waals surface area contributed by atoms with Crippen molar-refractivity contribution >= 4 is 51.0 Å². The number of aliphatic hydroxyl groups is 2. The van der Waals surface area contributed by atoms with Crippen LogP contribution in [-0.4, -0.2) is 54.2 Å². The number of aliphatic hydroxyl groups excluding tert-OH is 2. The van der Waals surface area contributed by atoms with Gasteiger partial charge in [0.05, 0.1) is 11.3 Å². The van der Waals surface area contributed by atoms with Crippen LogP contribution in [0, 0.1) is 3.70 Å². The Morgan fingerprint density at radius 1 is 1.40 bits per heavy atom. The van der Waals surface area contributed by atoms with E-state index >= 15 is 0 Å². The molecule has 1 unspecified atom stereocenters. The quantitative estimate of drug-likeness (QED) is 0.465. The molecule has 1 aliphatic heterocycles. The van der Waals surface area contributed by atoms with Crippen molar-refractivity contribution in [1.82, 2.24) is 19.7 Å². The molecule has 1 saturated heterocycles. The fraction of sp³-hybridized carbons (Fsp3) is 0.500. The molecule has 1 fully saturated rings. The van der Waals surface area contributed by atoms with Crippen LogP contribution in [0.2, 0.25) is 0 Å². The first kappa shape index (κ1) is 14.2. The van der Waals surface area contributed by atoms with E-state index in [0.717, 1.165) is 0 Å². The molecule has 3 heterocycles. The Morgan fingerprint density at radius 3 is 2.80 bits per heavy atom. The molecule has 0 amide bonds. The van der Waals surface area contributed by atoms with Gasteiger partial charge in [-0.15, -0.1) is 11.6 Å². The lowest BCUT2D eigenvalue weighted by Gasteiger charge is -2.15. The van der Waals surface area contributed by atoms with E-state index in [-0.39, 0.29) is 5.88 Å². The van der Waals surface area contributed by atoms with Crippen LogP contribution in [0.15, 0.2) is 6.33 Å². The minimum Gasteiger partial charge on any atom is -0.387 e. The van der Waals surface area contributed by atoms with Gasteiger partial charge in [-0.3, -0.25) is 0 Å². The zero-order chi connectivity index (χ0) is 14.4. The molecule has 2 aromatic heterocycles. The van der Waals surface area contributed by atoms with Gasteiger partial charge in [-0.1, -0.05) is 0 Å². The predicted molar refractivity (Wildman–Crippen MR) is 79.1 cm³/mol. The first-order valence-corrected chi connectivity index (χ1v) is 7.37. The van der Waals surface area contributed by atoms with Crippen LogP contribution in [-0.2, 0) is 4.74 Å². The molecule has 2 aromatic rings. The summed E-state index contributed by atoms with van der Waals surface area (Å²) >= 11 is 7.70. The van der Waals surface area contributed by atoms with Crippen LogP contribution in [0.25, 0.3) is 11.0 Å². The SMILES string of the molecule is Nc1ncnc2c1c(I)nn2C1O[C@H](CCl)[C@@H](O)[C@H]1O. The Balaban J connectivity index is 2.10. The monoisotopic (exact) mass is 411 g/mol. The molecule has 0 bridgehead atoms. The highest BCUT2D eigenvalue weighted by atomic mass is 127. The van der Waals surface area contributed by atoms with E-state index in [2.05, 4.69) is 15.1 Å². The average Bonchev–Trinajstić information content (AvgIpc) is 2.90. The first-order valence-electron chi connectivity index (χ1n) is 5.76. The molecule has 10 heteroatoms. The second-order valence-electron chi connectivity index (χ2n) is 4.39. The molecule has 4 N–H and O–H groups in total. The van der Waals surface area contributed by atoms with E-state index in [0.29, 0.717) is 20.6 Å². The molecule has 8 nitrogen and oxygen atoms in total. The highest BCUT2D eigenvalue weighted by Crippen LogP contribution is 2.33. The fourth-order valence-corrected chi connectivity index (χ4v) is 3.19. The van der Waals surface area contributed by atoms with Gasteiger partial charge in [0.15, 0.2) is 11.9 Å². The second kappa shape index (κ2) is 5.22. The van der Waals surface area contributed by atoms with Gasteiger partial charge < -0.3 is 20.7 Å². The van der Waals surface area contributed by atoms with Crippen LogP contribution in [0.1, 0.15) is 6.23 Å². The highest BCUT2D eigenvalue weighted by Gasteiger charge is 2.44. The first-order chi connectivity index (χ1) is 9.54. The second-order valence-corrected chi connectivity index (χ2v) is 5.72. The lowest BCUT2D eigenvalue weighted by Crippen LogP contribution is -2.32. The maximum absolute atomic E-state index is 10.1. The molecule has 0 spiro atoms. The van der Waals surface area contributed by atoms with Crippen LogP contribution in [0.4, 0.5) is 5.82 Å². The lowest BCUT2D eigenvalue weighted by atomic mass is 10.1. The minimum absolute atomic E-state index is 0.0716. The van der Waals surface area contributed by atoms with Gasteiger partial charge in [0.25, 0.3) is 0 Å². The number of alkyl halides is 1. The maximum atomic E-state index is 10.1. The summed E-state index contributed by atoms with van der Waals surface area (Å²) in [6, 6.07) is 0. The molecule has 0 aromatic carbocycles. The molecular formula is C10H11ClIN5O3. The summed E-state index contributed by atoms with van der Waals surface area (Å²) in [7, 11) is 0. The van der Waals surface area contributed by atoms with Crippen LogP contribution >= 0.6 is 34.2 Å². The summed E-state index contributed by atoms with van der Waals surface area (Å²) in [5.74, 6) is 0.370. The van der Waals surface area contributed by atoms with Gasteiger partial charge in [-0.05, 0) is 22.6 Å². The molecule has 0 radical (unpaired) electrons. The maximum Gasteiger partial charge on any atom is 0.181 e. The number of rotatable bonds is 2. The Labute approximate surface area is 132 Å². The standard InChI is InChI=1S/C10H11ClIN5O3/c11-1-3-5(18)6(19)10(20-3)17-9-4(7(12)16-17)8(13)14-2-15-9/h2-3,5-6,10,18-19H,1H2,(H2,13,14,15)/t3-,5-,6-,10?/m1/s1. The molecule has 4 atom stereocenters. The Morgan fingerprint density at radius 2 is 2.15 bits per heavy atom. The van der Waals surface area contributed by atoms with E-state index in [9.17, 15) is 10.2 Å². The number of ether oxygens (including phenoxy) is 1. The average molecular weight is 412 g/mol. The van der Waals surface area contributed by atoms with E-state index in [4.69, 9.17) is 22.1 Å². The van der Waals surface area contributed by atoms with Gasteiger partial charge in [0.1, 0.15) is 34.2 Å². The van der Waals surface area contributed by atoms with Crippen LogP contribution < -0.4 is 5.73 Å². The van der Waals surface area contributed by atoms with E-state index in [1.165, 1.54) is 11.0 Å². The summed E-state index contributed by atoms with van der Waals surface area (Å²) < 4.78 is 7.54. The molecular weight excluding hydrogens is 400 g/mol. The zero-order valence-corrected chi connectivity index (χ0v) is 12.9. The zero-order valence-electron chi connectivity index (χ0n) is 10.0.